The van der Waals surface area contributed by atoms with Crippen LogP contribution in [0.25, 0.3) is 0 Å². The lowest BCUT2D eigenvalue weighted by Gasteiger charge is -2.12. The molecule has 4 nitrogen and oxygen atoms in total. The first-order valence-corrected chi connectivity index (χ1v) is 8.14. The summed E-state index contributed by atoms with van der Waals surface area (Å²) < 4.78 is 5.07. The largest absolute Gasteiger partial charge is 0.383 e. The van der Waals surface area contributed by atoms with E-state index in [1.54, 1.807) is 7.11 Å². The molecule has 0 spiro atoms. The predicted molar refractivity (Wildman–Crippen MR) is 79.1 cm³/mol. The van der Waals surface area contributed by atoms with Crippen molar-refractivity contribution in [3.8, 4) is 0 Å². The lowest BCUT2D eigenvalue weighted by atomic mass is 10.2. The molecule has 2 fully saturated rings. The van der Waals surface area contributed by atoms with Gasteiger partial charge in [0, 0.05) is 44.1 Å². The minimum Gasteiger partial charge on any atom is -0.383 e. The van der Waals surface area contributed by atoms with E-state index in [0.29, 0.717) is 0 Å². The first-order chi connectivity index (χ1) is 9.38. The molecular weight excluding hydrogens is 258 g/mol. The maximum atomic E-state index is 5.07. The highest BCUT2D eigenvalue weighted by atomic mass is 32.1. The Morgan fingerprint density at radius 2 is 2.16 bits per heavy atom. The molecule has 0 aromatic carbocycles. The first-order valence-electron chi connectivity index (χ1n) is 7.32. The molecule has 2 aliphatic rings. The molecule has 19 heavy (non-hydrogen) atoms. The maximum absolute atomic E-state index is 5.07. The molecule has 0 amide bonds. The zero-order valence-electron chi connectivity index (χ0n) is 11.7. The summed E-state index contributed by atoms with van der Waals surface area (Å²) in [6, 6.07) is 0. The molecule has 1 aromatic heterocycles. The molecule has 106 valence electrons. The quantitative estimate of drug-likeness (QED) is 0.779. The van der Waals surface area contributed by atoms with Gasteiger partial charge in [0.15, 0.2) is 5.13 Å². The number of nitrogens with zero attached hydrogens (tertiary/aromatic N) is 2. The van der Waals surface area contributed by atoms with Crippen LogP contribution in [0.1, 0.15) is 42.2 Å². The van der Waals surface area contributed by atoms with Gasteiger partial charge in [-0.2, -0.15) is 0 Å². The summed E-state index contributed by atoms with van der Waals surface area (Å²) in [7, 11) is 1.75. The molecule has 1 aliphatic carbocycles. The molecule has 1 N–H and O–H groups in total. The summed E-state index contributed by atoms with van der Waals surface area (Å²) in [5.74, 6) is 0.742. The molecule has 1 aliphatic heterocycles. The second-order valence-corrected chi connectivity index (χ2v) is 6.50. The van der Waals surface area contributed by atoms with E-state index in [1.807, 2.05) is 11.3 Å². The van der Waals surface area contributed by atoms with E-state index in [0.717, 1.165) is 25.6 Å². The van der Waals surface area contributed by atoms with Gasteiger partial charge in [0.05, 0.1) is 12.3 Å². The minimum absolute atomic E-state index is 0.742. The lowest BCUT2D eigenvalue weighted by molar-refractivity contribution is 0.199. The third-order valence-corrected chi connectivity index (χ3v) is 4.96. The Labute approximate surface area is 119 Å². The summed E-state index contributed by atoms with van der Waals surface area (Å²) in [4.78, 5) is 8.82. The van der Waals surface area contributed by atoms with E-state index in [-0.39, 0.29) is 0 Å². The molecule has 0 radical (unpaired) electrons. The number of anilines is 1. The summed E-state index contributed by atoms with van der Waals surface area (Å²) in [5, 5.41) is 4.71. The SMILES string of the molecule is COCCNCc1sc(N2CCCC2)nc1C1CC1. The van der Waals surface area contributed by atoms with Crippen LogP contribution in [0.3, 0.4) is 0 Å². The predicted octanol–water partition coefficient (Wildman–Crippen LogP) is 2.36. The molecule has 3 rings (SSSR count). The van der Waals surface area contributed by atoms with Gasteiger partial charge in [-0.05, 0) is 25.7 Å². The van der Waals surface area contributed by atoms with Gasteiger partial charge in [0.1, 0.15) is 0 Å². The summed E-state index contributed by atoms with van der Waals surface area (Å²) >= 11 is 1.89. The van der Waals surface area contributed by atoms with Crippen LogP contribution in [-0.2, 0) is 11.3 Å². The zero-order chi connectivity index (χ0) is 13.1. The second-order valence-electron chi connectivity index (χ2n) is 5.44. The summed E-state index contributed by atoms with van der Waals surface area (Å²) in [5.41, 5.74) is 1.37. The van der Waals surface area contributed by atoms with Crippen molar-refractivity contribution >= 4 is 16.5 Å². The van der Waals surface area contributed by atoms with Crippen LogP contribution >= 0.6 is 11.3 Å². The Morgan fingerprint density at radius 3 is 2.84 bits per heavy atom. The Morgan fingerprint density at radius 1 is 1.37 bits per heavy atom. The monoisotopic (exact) mass is 281 g/mol. The van der Waals surface area contributed by atoms with Crippen LogP contribution < -0.4 is 10.2 Å². The van der Waals surface area contributed by atoms with Crippen LogP contribution in [0.15, 0.2) is 0 Å². The van der Waals surface area contributed by atoms with Gasteiger partial charge in [-0.25, -0.2) is 4.98 Å². The van der Waals surface area contributed by atoms with Gasteiger partial charge < -0.3 is 15.0 Å². The van der Waals surface area contributed by atoms with E-state index in [1.165, 1.54) is 54.5 Å². The molecule has 2 heterocycles. The van der Waals surface area contributed by atoms with Crippen LogP contribution in [0.2, 0.25) is 0 Å². The van der Waals surface area contributed by atoms with E-state index < -0.39 is 0 Å². The fraction of sp³-hybridized carbons (Fsp3) is 0.786. The zero-order valence-corrected chi connectivity index (χ0v) is 12.5. The highest BCUT2D eigenvalue weighted by Crippen LogP contribution is 2.44. The number of hydrogen-bond acceptors (Lipinski definition) is 5. The van der Waals surface area contributed by atoms with Crippen molar-refractivity contribution in [3.05, 3.63) is 10.6 Å². The number of ether oxygens (including phenoxy) is 1. The molecule has 1 saturated heterocycles. The van der Waals surface area contributed by atoms with E-state index in [4.69, 9.17) is 9.72 Å². The Balaban J connectivity index is 1.66. The van der Waals surface area contributed by atoms with Crippen molar-refractivity contribution < 1.29 is 4.74 Å². The normalized spacial score (nSPS) is 19.3. The highest BCUT2D eigenvalue weighted by molar-refractivity contribution is 7.15. The number of nitrogens with one attached hydrogen (secondary N) is 1. The smallest absolute Gasteiger partial charge is 0.185 e. The van der Waals surface area contributed by atoms with Gasteiger partial charge in [-0.1, -0.05) is 0 Å². The van der Waals surface area contributed by atoms with Gasteiger partial charge in [0.25, 0.3) is 0 Å². The molecule has 0 bridgehead atoms. The van der Waals surface area contributed by atoms with Crippen LogP contribution in [-0.4, -0.2) is 38.3 Å². The summed E-state index contributed by atoms with van der Waals surface area (Å²) in [6.45, 7) is 5.01. The van der Waals surface area contributed by atoms with E-state index >= 15 is 0 Å². The van der Waals surface area contributed by atoms with Crippen LogP contribution in [0.4, 0.5) is 5.13 Å². The number of methoxy groups -OCH3 is 1. The topological polar surface area (TPSA) is 37.4 Å². The van der Waals surface area contributed by atoms with E-state index in [9.17, 15) is 0 Å². The molecule has 0 atom stereocenters. The van der Waals surface area contributed by atoms with Gasteiger partial charge in [0.2, 0.25) is 0 Å². The highest BCUT2D eigenvalue weighted by Gasteiger charge is 2.30. The first kappa shape index (κ1) is 13.3. The average Bonchev–Trinajstić information content (AvgIpc) is 2.96. The molecule has 1 aromatic rings. The third-order valence-electron chi connectivity index (χ3n) is 3.83. The van der Waals surface area contributed by atoms with Gasteiger partial charge in [-0.15, -0.1) is 11.3 Å². The number of rotatable bonds is 7. The molecular formula is C14H23N3OS. The second kappa shape index (κ2) is 6.20. The Hall–Kier alpha value is -0.650. The molecule has 1 saturated carbocycles. The third kappa shape index (κ3) is 3.27. The van der Waals surface area contributed by atoms with Crippen molar-refractivity contribution in [3.63, 3.8) is 0 Å². The number of hydrogen-bond donors (Lipinski definition) is 1. The Bertz CT molecular complexity index is 411. The van der Waals surface area contributed by atoms with Crippen molar-refractivity contribution in [1.29, 1.82) is 0 Å². The van der Waals surface area contributed by atoms with Crippen LogP contribution in [0.5, 0.6) is 0 Å². The van der Waals surface area contributed by atoms with Crippen molar-refractivity contribution in [2.24, 2.45) is 0 Å². The van der Waals surface area contributed by atoms with Gasteiger partial charge in [-0.3, -0.25) is 0 Å². The minimum atomic E-state index is 0.742. The number of aromatic nitrogens is 1. The maximum Gasteiger partial charge on any atom is 0.185 e. The average molecular weight is 281 g/mol. The van der Waals surface area contributed by atoms with Crippen LogP contribution in [0, 0.1) is 0 Å². The fourth-order valence-electron chi connectivity index (χ4n) is 2.57. The van der Waals surface area contributed by atoms with Crippen molar-refractivity contribution in [1.82, 2.24) is 10.3 Å². The fourth-order valence-corrected chi connectivity index (χ4v) is 3.74. The standard InChI is InChI=1S/C14H23N3OS/c1-18-9-6-15-10-12-13(11-4-5-11)16-14(19-12)17-7-2-3-8-17/h11,15H,2-10H2,1H3. The van der Waals surface area contributed by atoms with Crippen molar-refractivity contribution in [2.75, 3.05) is 38.3 Å². The molecule has 5 heteroatoms. The number of thiazole rings is 1. The van der Waals surface area contributed by atoms with Gasteiger partial charge >= 0.3 is 0 Å². The lowest BCUT2D eigenvalue weighted by Crippen LogP contribution is -2.18. The molecule has 0 unspecified atom stereocenters. The van der Waals surface area contributed by atoms with Crippen molar-refractivity contribution in [2.45, 2.75) is 38.1 Å². The Kier molecular flexibility index (Phi) is 4.35. The van der Waals surface area contributed by atoms with E-state index in [2.05, 4.69) is 10.2 Å². The summed E-state index contributed by atoms with van der Waals surface area (Å²) in [6.07, 6.45) is 5.29.